The number of hydrogen-bond donors (Lipinski definition) is 0. The smallest absolute Gasteiger partial charge is 0.269 e. The van der Waals surface area contributed by atoms with Crippen LogP contribution in [0.25, 0.3) is 0 Å². The largest absolute Gasteiger partial charge is 0.489 e. The van der Waals surface area contributed by atoms with E-state index in [4.69, 9.17) is 4.74 Å². The zero-order chi connectivity index (χ0) is 18.7. The van der Waals surface area contributed by atoms with Crippen LogP contribution in [0.5, 0.6) is 5.75 Å². The van der Waals surface area contributed by atoms with E-state index in [2.05, 4.69) is 4.98 Å². The van der Waals surface area contributed by atoms with E-state index in [0.717, 1.165) is 5.69 Å². The van der Waals surface area contributed by atoms with Crippen LogP contribution in [0.2, 0.25) is 0 Å². The monoisotopic (exact) mass is 377 g/mol. The highest BCUT2D eigenvalue weighted by Crippen LogP contribution is 2.24. The van der Waals surface area contributed by atoms with Gasteiger partial charge in [0.25, 0.3) is 5.69 Å². The van der Waals surface area contributed by atoms with Crippen molar-refractivity contribution in [3.8, 4) is 5.75 Å². The maximum Gasteiger partial charge on any atom is 0.269 e. The standard InChI is InChI=1S/C17H19N3O5S/c1-13-2-5-16(12-18-13)25-15-8-10-19(11-9-15)26(23,24)17-6-3-14(4-7-17)20(21)22/h2-7,12,15H,8-11H2,1H3. The van der Waals surface area contributed by atoms with Crippen molar-refractivity contribution in [2.24, 2.45) is 0 Å². The van der Waals surface area contributed by atoms with E-state index in [0.29, 0.717) is 31.7 Å². The number of pyridine rings is 1. The van der Waals surface area contributed by atoms with Gasteiger partial charge in [-0.25, -0.2) is 8.42 Å². The number of piperidine rings is 1. The van der Waals surface area contributed by atoms with E-state index in [1.165, 1.54) is 28.6 Å². The molecule has 2 heterocycles. The van der Waals surface area contributed by atoms with Gasteiger partial charge in [0.2, 0.25) is 10.0 Å². The third-order valence-corrected chi connectivity index (χ3v) is 6.19. The average molecular weight is 377 g/mol. The number of rotatable bonds is 5. The van der Waals surface area contributed by atoms with Crippen molar-refractivity contribution >= 4 is 15.7 Å². The molecule has 26 heavy (non-hydrogen) atoms. The van der Waals surface area contributed by atoms with E-state index in [9.17, 15) is 18.5 Å². The topological polar surface area (TPSA) is 103 Å². The third kappa shape index (κ3) is 4.00. The van der Waals surface area contributed by atoms with Gasteiger partial charge in [-0.1, -0.05) is 0 Å². The molecule has 1 fully saturated rings. The van der Waals surface area contributed by atoms with Crippen molar-refractivity contribution in [1.82, 2.24) is 9.29 Å². The minimum atomic E-state index is -3.66. The normalized spacial score (nSPS) is 16.3. The Labute approximate surface area is 151 Å². The van der Waals surface area contributed by atoms with Crippen molar-refractivity contribution in [3.63, 3.8) is 0 Å². The van der Waals surface area contributed by atoms with Crippen LogP contribution in [0.4, 0.5) is 5.69 Å². The molecule has 0 saturated carbocycles. The molecule has 1 aliphatic rings. The molecule has 3 rings (SSSR count). The first kappa shape index (κ1) is 18.3. The Bertz CT molecular complexity index is 874. The molecule has 1 aromatic carbocycles. The van der Waals surface area contributed by atoms with Gasteiger partial charge in [0.15, 0.2) is 0 Å². The highest BCUT2D eigenvalue weighted by molar-refractivity contribution is 7.89. The van der Waals surface area contributed by atoms with Gasteiger partial charge in [0, 0.05) is 30.9 Å². The molecule has 1 aliphatic heterocycles. The lowest BCUT2D eigenvalue weighted by molar-refractivity contribution is -0.384. The van der Waals surface area contributed by atoms with Gasteiger partial charge in [0.1, 0.15) is 11.9 Å². The van der Waals surface area contributed by atoms with Crippen LogP contribution in [0.3, 0.4) is 0 Å². The second-order valence-corrected chi connectivity index (χ2v) is 8.05. The second-order valence-electron chi connectivity index (χ2n) is 6.11. The van der Waals surface area contributed by atoms with Crippen LogP contribution in [0.15, 0.2) is 47.5 Å². The Morgan fingerprint density at radius 1 is 1.15 bits per heavy atom. The number of hydrogen-bond acceptors (Lipinski definition) is 6. The summed E-state index contributed by atoms with van der Waals surface area (Å²) in [4.78, 5) is 14.4. The van der Waals surface area contributed by atoms with Gasteiger partial charge in [-0.3, -0.25) is 15.1 Å². The number of nitro benzene ring substituents is 1. The Morgan fingerprint density at radius 2 is 1.81 bits per heavy atom. The maximum atomic E-state index is 12.7. The number of benzene rings is 1. The molecule has 138 valence electrons. The molecule has 0 N–H and O–H groups in total. The number of aryl methyl sites for hydroxylation is 1. The molecule has 0 aliphatic carbocycles. The molecule has 8 nitrogen and oxygen atoms in total. The Kier molecular flexibility index (Phi) is 5.19. The summed E-state index contributed by atoms with van der Waals surface area (Å²) in [6.45, 7) is 2.57. The molecular formula is C17H19N3O5S. The van der Waals surface area contributed by atoms with Gasteiger partial charge in [0.05, 0.1) is 16.0 Å². The molecule has 0 amide bonds. The van der Waals surface area contributed by atoms with Crippen LogP contribution in [0.1, 0.15) is 18.5 Å². The molecule has 1 saturated heterocycles. The van der Waals surface area contributed by atoms with Gasteiger partial charge in [-0.15, -0.1) is 0 Å². The molecule has 0 spiro atoms. The van der Waals surface area contributed by atoms with E-state index >= 15 is 0 Å². The summed E-state index contributed by atoms with van der Waals surface area (Å²) < 4.78 is 32.6. The zero-order valence-corrected chi connectivity index (χ0v) is 15.1. The average Bonchev–Trinajstić information content (AvgIpc) is 2.64. The first-order valence-electron chi connectivity index (χ1n) is 8.20. The molecule has 9 heteroatoms. The van der Waals surface area contributed by atoms with Crippen molar-refractivity contribution in [1.29, 1.82) is 0 Å². The lowest BCUT2D eigenvalue weighted by Gasteiger charge is -2.31. The van der Waals surface area contributed by atoms with Crippen LogP contribution < -0.4 is 4.74 Å². The number of ether oxygens (including phenoxy) is 1. The summed E-state index contributed by atoms with van der Waals surface area (Å²) in [5.41, 5.74) is 0.768. The lowest BCUT2D eigenvalue weighted by atomic mass is 10.1. The van der Waals surface area contributed by atoms with E-state index in [1.807, 2.05) is 19.1 Å². The number of aromatic nitrogens is 1. The molecule has 0 bridgehead atoms. The van der Waals surface area contributed by atoms with Crippen LogP contribution in [-0.4, -0.2) is 41.8 Å². The van der Waals surface area contributed by atoms with Crippen molar-refractivity contribution < 1.29 is 18.1 Å². The summed E-state index contributed by atoms with van der Waals surface area (Å²) in [6.07, 6.45) is 2.73. The van der Waals surface area contributed by atoms with E-state index < -0.39 is 14.9 Å². The lowest BCUT2D eigenvalue weighted by Crippen LogP contribution is -2.41. The summed E-state index contributed by atoms with van der Waals surface area (Å²) in [6, 6.07) is 8.66. The Balaban J connectivity index is 1.62. The van der Waals surface area contributed by atoms with Crippen LogP contribution in [0, 0.1) is 17.0 Å². The van der Waals surface area contributed by atoms with Gasteiger partial charge in [-0.2, -0.15) is 4.31 Å². The van der Waals surface area contributed by atoms with E-state index in [1.54, 1.807) is 6.20 Å². The third-order valence-electron chi connectivity index (χ3n) is 4.27. The SMILES string of the molecule is Cc1ccc(OC2CCN(S(=O)(=O)c3ccc([N+](=O)[O-])cc3)CC2)cn1. The minimum Gasteiger partial charge on any atom is -0.489 e. The summed E-state index contributed by atoms with van der Waals surface area (Å²) in [5.74, 6) is 0.673. The number of nitrogens with zero attached hydrogens (tertiary/aromatic N) is 3. The summed E-state index contributed by atoms with van der Waals surface area (Å²) >= 11 is 0. The molecule has 0 radical (unpaired) electrons. The van der Waals surface area contributed by atoms with Crippen LogP contribution >= 0.6 is 0 Å². The Hall–Kier alpha value is -2.52. The first-order chi connectivity index (χ1) is 12.4. The molecule has 2 aromatic rings. The Morgan fingerprint density at radius 3 is 2.35 bits per heavy atom. The quantitative estimate of drug-likeness (QED) is 0.586. The predicted molar refractivity (Wildman–Crippen MR) is 94.5 cm³/mol. The molecule has 1 aromatic heterocycles. The van der Waals surface area contributed by atoms with Crippen molar-refractivity contribution in [3.05, 3.63) is 58.4 Å². The molecule has 0 atom stereocenters. The highest BCUT2D eigenvalue weighted by atomic mass is 32.2. The van der Waals surface area contributed by atoms with Crippen LogP contribution in [-0.2, 0) is 10.0 Å². The highest BCUT2D eigenvalue weighted by Gasteiger charge is 2.30. The van der Waals surface area contributed by atoms with E-state index in [-0.39, 0.29) is 16.7 Å². The fourth-order valence-corrected chi connectivity index (χ4v) is 4.27. The second kappa shape index (κ2) is 7.38. The fraction of sp³-hybridized carbons (Fsp3) is 0.353. The molecule has 0 unspecified atom stereocenters. The first-order valence-corrected chi connectivity index (χ1v) is 9.64. The fourth-order valence-electron chi connectivity index (χ4n) is 2.80. The minimum absolute atomic E-state index is 0.0604. The van der Waals surface area contributed by atoms with Gasteiger partial charge >= 0.3 is 0 Å². The summed E-state index contributed by atoms with van der Waals surface area (Å²) in [5, 5.41) is 10.7. The summed E-state index contributed by atoms with van der Waals surface area (Å²) in [7, 11) is -3.66. The zero-order valence-electron chi connectivity index (χ0n) is 14.2. The molecular weight excluding hydrogens is 358 g/mol. The number of sulfonamides is 1. The van der Waals surface area contributed by atoms with Gasteiger partial charge < -0.3 is 4.74 Å². The number of non-ortho nitro benzene ring substituents is 1. The van der Waals surface area contributed by atoms with Crippen molar-refractivity contribution in [2.45, 2.75) is 30.8 Å². The predicted octanol–water partition coefficient (Wildman–Crippen LogP) is 2.53. The number of nitro groups is 1. The maximum absolute atomic E-state index is 12.7. The van der Waals surface area contributed by atoms with Crippen molar-refractivity contribution in [2.75, 3.05) is 13.1 Å². The van der Waals surface area contributed by atoms with Gasteiger partial charge in [-0.05, 0) is 44.0 Å².